The summed E-state index contributed by atoms with van der Waals surface area (Å²) in [4.78, 5) is 10.9. The van der Waals surface area contributed by atoms with Crippen LogP contribution in [0.4, 0.5) is 0 Å². The molecule has 1 aliphatic rings. The first-order chi connectivity index (χ1) is 13.6. The highest BCUT2D eigenvalue weighted by atomic mass is 35.5. The molecule has 0 unspecified atom stereocenters. The lowest BCUT2D eigenvalue weighted by Crippen LogP contribution is -2.38. The van der Waals surface area contributed by atoms with Gasteiger partial charge >= 0.3 is 0 Å². The van der Waals surface area contributed by atoms with E-state index in [9.17, 15) is 0 Å². The van der Waals surface area contributed by atoms with Crippen LogP contribution in [0.2, 0.25) is 10.0 Å². The van der Waals surface area contributed by atoms with Gasteiger partial charge in [0.25, 0.3) is 11.8 Å². The maximum Gasteiger partial charge on any atom is 0.278 e. The Kier molecular flexibility index (Phi) is 7.72. The number of rotatable bonds is 8. The normalized spacial score (nSPS) is 15.2. The number of aromatic nitrogens is 2. The third-order valence-corrected chi connectivity index (χ3v) is 4.94. The summed E-state index contributed by atoms with van der Waals surface area (Å²) in [5.74, 6) is 0.758. The fourth-order valence-corrected chi connectivity index (χ4v) is 3.70. The van der Waals surface area contributed by atoms with Crippen LogP contribution in [0.5, 0.6) is 11.8 Å². The minimum absolute atomic E-state index is 0.0758. The number of hydrogen-bond donors (Lipinski definition) is 0. The van der Waals surface area contributed by atoms with Gasteiger partial charge in [0.15, 0.2) is 0 Å². The predicted molar refractivity (Wildman–Crippen MR) is 108 cm³/mol. The van der Waals surface area contributed by atoms with Crippen molar-refractivity contribution in [3.8, 4) is 17.8 Å². The molecule has 1 fully saturated rings. The highest BCUT2D eigenvalue weighted by Crippen LogP contribution is 2.26. The van der Waals surface area contributed by atoms with Crippen molar-refractivity contribution in [2.45, 2.75) is 38.4 Å². The van der Waals surface area contributed by atoms with Crippen LogP contribution in [0.3, 0.4) is 0 Å². The van der Waals surface area contributed by atoms with Crippen LogP contribution < -0.4 is 9.47 Å². The first kappa shape index (κ1) is 20.7. The van der Waals surface area contributed by atoms with E-state index in [0.29, 0.717) is 28.2 Å². The van der Waals surface area contributed by atoms with E-state index < -0.39 is 0 Å². The quantitative estimate of drug-likeness (QED) is 0.584. The van der Waals surface area contributed by atoms with Crippen LogP contribution in [-0.4, -0.2) is 40.6 Å². The van der Waals surface area contributed by atoms with Crippen molar-refractivity contribution in [2.75, 3.05) is 19.6 Å². The summed E-state index contributed by atoms with van der Waals surface area (Å²) < 4.78 is 11.9. The van der Waals surface area contributed by atoms with Crippen molar-refractivity contribution in [3.05, 3.63) is 46.2 Å². The summed E-state index contributed by atoms with van der Waals surface area (Å²) in [7, 11) is 0. The highest BCUT2D eigenvalue weighted by molar-refractivity contribution is 6.34. The first-order valence-electron chi connectivity index (χ1n) is 9.29. The molecule has 1 saturated heterocycles. The maximum atomic E-state index is 8.65. The second-order valence-electron chi connectivity index (χ2n) is 6.65. The van der Waals surface area contributed by atoms with E-state index in [-0.39, 0.29) is 12.7 Å². The summed E-state index contributed by atoms with van der Waals surface area (Å²) in [5, 5.41) is 9.76. The van der Waals surface area contributed by atoms with Crippen molar-refractivity contribution in [1.82, 2.24) is 14.9 Å². The van der Waals surface area contributed by atoms with Crippen molar-refractivity contribution < 1.29 is 9.47 Å². The van der Waals surface area contributed by atoms with Crippen LogP contribution in [0.25, 0.3) is 0 Å². The molecule has 0 spiro atoms. The molecule has 28 heavy (non-hydrogen) atoms. The van der Waals surface area contributed by atoms with Crippen molar-refractivity contribution in [1.29, 1.82) is 5.26 Å². The lowest BCUT2D eigenvalue weighted by molar-refractivity contribution is 0.0913. The molecule has 0 aliphatic carbocycles. The van der Waals surface area contributed by atoms with Gasteiger partial charge in [0, 0.05) is 41.9 Å². The molecule has 0 radical (unpaired) electrons. The molecule has 1 aromatic carbocycles. The van der Waals surface area contributed by atoms with E-state index in [1.54, 1.807) is 30.6 Å². The Labute approximate surface area is 175 Å². The molecule has 6 nitrogen and oxygen atoms in total. The monoisotopic (exact) mass is 420 g/mol. The van der Waals surface area contributed by atoms with E-state index in [0.717, 1.165) is 44.5 Å². The Hall–Kier alpha value is -2.07. The SMILES string of the molecule is N#CCCCN1CCC(Oc2nccnc2OCc2cc(Cl)cc(Cl)c2)CC1. The zero-order valence-corrected chi connectivity index (χ0v) is 17.0. The van der Waals surface area contributed by atoms with Crippen LogP contribution in [-0.2, 0) is 6.61 Å². The van der Waals surface area contributed by atoms with E-state index in [4.69, 9.17) is 37.9 Å². The lowest BCUT2D eigenvalue weighted by atomic mass is 10.1. The summed E-state index contributed by atoms with van der Waals surface area (Å²) in [6, 6.07) is 7.46. The fraction of sp³-hybridized carbons (Fsp3) is 0.450. The standard InChI is InChI=1S/C20H22Cl2N4O2/c21-16-11-15(12-17(22)13-16)14-27-19-20(25-7-6-24-19)28-18-3-9-26(10-4-18)8-2-1-5-23/h6-7,11-13,18H,1-4,8-10,14H2. The van der Waals surface area contributed by atoms with Gasteiger partial charge < -0.3 is 14.4 Å². The minimum atomic E-state index is 0.0758. The smallest absolute Gasteiger partial charge is 0.278 e. The van der Waals surface area contributed by atoms with Crippen molar-refractivity contribution in [3.63, 3.8) is 0 Å². The largest absolute Gasteiger partial charge is 0.470 e. The molecule has 148 valence electrons. The van der Waals surface area contributed by atoms with Gasteiger partial charge in [-0.05, 0) is 49.6 Å². The summed E-state index contributed by atoms with van der Waals surface area (Å²) in [6.45, 7) is 3.13. The number of halogens is 2. The number of ether oxygens (including phenoxy) is 2. The first-order valence-corrected chi connectivity index (χ1v) is 10.0. The van der Waals surface area contributed by atoms with Crippen molar-refractivity contribution in [2.24, 2.45) is 0 Å². The molecule has 0 saturated carbocycles. The molecule has 0 bridgehead atoms. The Morgan fingerprint density at radius 1 is 1.07 bits per heavy atom. The minimum Gasteiger partial charge on any atom is -0.470 e. The van der Waals surface area contributed by atoms with E-state index in [1.165, 1.54) is 0 Å². The molecule has 0 atom stereocenters. The van der Waals surface area contributed by atoms with Crippen LogP contribution in [0.1, 0.15) is 31.2 Å². The average molecular weight is 421 g/mol. The maximum absolute atomic E-state index is 8.65. The second kappa shape index (κ2) is 10.5. The van der Waals surface area contributed by atoms with Gasteiger partial charge in [-0.25, -0.2) is 9.97 Å². The van der Waals surface area contributed by atoms with E-state index >= 15 is 0 Å². The van der Waals surface area contributed by atoms with Gasteiger partial charge in [-0.3, -0.25) is 0 Å². The number of nitrogens with zero attached hydrogens (tertiary/aromatic N) is 4. The molecule has 0 amide bonds. The number of nitriles is 1. The summed E-state index contributed by atoms with van der Waals surface area (Å²) in [5.41, 5.74) is 0.847. The summed E-state index contributed by atoms with van der Waals surface area (Å²) >= 11 is 12.1. The van der Waals surface area contributed by atoms with E-state index in [2.05, 4.69) is 20.9 Å². The molecule has 1 aromatic heterocycles. The van der Waals surface area contributed by atoms with Crippen LogP contribution in [0, 0.1) is 11.3 Å². The molecule has 3 rings (SSSR count). The van der Waals surface area contributed by atoms with Gasteiger partial charge in [0.2, 0.25) is 0 Å². The van der Waals surface area contributed by atoms with Crippen LogP contribution in [0.15, 0.2) is 30.6 Å². The third kappa shape index (κ3) is 6.23. The Morgan fingerprint density at radius 2 is 1.75 bits per heavy atom. The molecule has 2 aromatic rings. The Balaban J connectivity index is 1.54. The second-order valence-corrected chi connectivity index (χ2v) is 7.53. The van der Waals surface area contributed by atoms with Gasteiger partial charge in [-0.15, -0.1) is 0 Å². The molecule has 0 N–H and O–H groups in total. The van der Waals surface area contributed by atoms with Gasteiger partial charge in [-0.1, -0.05) is 23.2 Å². The zero-order chi connectivity index (χ0) is 19.8. The Bertz CT molecular complexity index is 800. The van der Waals surface area contributed by atoms with Gasteiger partial charge in [0.05, 0.1) is 6.07 Å². The number of hydrogen-bond acceptors (Lipinski definition) is 6. The zero-order valence-electron chi connectivity index (χ0n) is 15.5. The van der Waals surface area contributed by atoms with Crippen LogP contribution >= 0.6 is 23.2 Å². The number of piperidine rings is 1. The van der Waals surface area contributed by atoms with E-state index in [1.807, 2.05) is 0 Å². The molecule has 8 heteroatoms. The highest BCUT2D eigenvalue weighted by Gasteiger charge is 2.22. The summed E-state index contributed by atoms with van der Waals surface area (Å²) in [6.07, 6.45) is 6.58. The molecular weight excluding hydrogens is 399 g/mol. The lowest BCUT2D eigenvalue weighted by Gasteiger charge is -2.31. The topological polar surface area (TPSA) is 71.3 Å². The van der Waals surface area contributed by atoms with Gasteiger partial charge in [-0.2, -0.15) is 5.26 Å². The third-order valence-electron chi connectivity index (χ3n) is 4.51. The predicted octanol–water partition coefficient (Wildman–Crippen LogP) is 4.51. The Morgan fingerprint density at radius 3 is 2.43 bits per heavy atom. The molecule has 1 aliphatic heterocycles. The number of benzene rings is 1. The fourth-order valence-electron chi connectivity index (χ4n) is 3.13. The van der Waals surface area contributed by atoms with Gasteiger partial charge in [0.1, 0.15) is 12.7 Å². The molecule has 2 heterocycles. The average Bonchev–Trinajstić information content (AvgIpc) is 2.68. The number of unbranched alkanes of at least 4 members (excludes halogenated alkanes) is 1. The number of likely N-dealkylation sites (tertiary alicyclic amines) is 1. The molecular formula is C20H22Cl2N4O2. The van der Waals surface area contributed by atoms with Crippen molar-refractivity contribution >= 4 is 23.2 Å².